The van der Waals surface area contributed by atoms with Gasteiger partial charge in [0.05, 0.1) is 0 Å². The highest BCUT2D eigenvalue weighted by Crippen LogP contribution is 2.32. The first-order valence-electron chi connectivity index (χ1n) is 5.37. The van der Waals surface area contributed by atoms with E-state index in [-0.39, 0.29) is 23.3 Å². The van der Waals surface area contributed by atoms with Gasteiger partial charge in [0.2, 0.25) is 11.8 Å². The molecule has 15 heavy (non-hydrogen) atoms. The summed E-state index contributed by atoms with van der Waals surface area (Å²) < 4.78 is 0. The summed E-state index contributed by atoms with van der Waals surface area (Å²) in [6, 6.07) is -0.0499. The van der Waals surface area contributed by atoms with Gasteiger partial charge in [0, 0.05) is 25.4 Å². The van der Waals surface area contributed by atoms with E-state index in [9.17, 15) is 9.59 Å². The van der Waals surface area contributed by atoms with Crippen LogP contribution in [-0.2, 0) is 9.59 Å². The largest absolute Gasteiger partial charge is 0.318 e. The summed E-state index contributed by atoms with van der Waals surface area (Å²) in [5.41, 5.74) is -0.177. The maximum absolute atomic E-state index is 11.8. The fourth-order valence-electron chi connectivity index (χ4n) is 2.07. The fourth-order valence-corrected chi connectivity index (χ4v) is 2.07. The zero-order chi connectivity index (χ0) is 11.6. The quantitative estimate of drug-likeness (QED) is 0.703. The first-order chi connectivity index (χ1) is 6.87. The van der Waals surface area contributed by atoms with Gasteiger partial charge in [-0.2, -0.15) is 0 Å². The second-order valence-electron chi connectivity index (χ2n) is 5.08. The predicted octanol–water partition coefficient (Wildman–Crippen LogP) is 0.769. The van der Waals surface area contributed by atoms with Crippen molar-refractivity contribution in [1.82, 2.24) is 10.2 Å². The van der Waals surface area contributed by atoms with Crippen LogP contribution in [0.3, 0.4) is 0 Å². The Balaban J connectivity index is 2.75. The Hall–Kier alpha value is -0.900. The lowest BCUT2D eigenvalue weighted by Gasteiger charge is -2.37. The summed E-state index contributed by atoms with van der Waals surface area (Å²) in [7, 11) is 1.82. The molecule has 0 spiro atoms. The molecule has 1 heterocycles. The van der Waals surface area contributed by atoms with Crippen molar-refractivity contribution in [2.24, 2.45) is 5.41 Å². The Labute approximate surface area is 91.0 Å². The van der Waals surface area contributed by atoms with Crippen molar-refractivity contribution in [2.75, 3.05) is 13.6 Å². The summed E-state index contributed by atoms with van der Waals surface area (Å²) in [6.45, 7) is 6.47. The van der Waals surface area contributed by atoms with Crippen molar-refractivity contribution in [3.63, 3.8) is 0 Å². The smallest absolute Gasteiger partial charge is 0.230 e. The van der Waals surface area contributed by atoms with Gasteiger partial charge < -0.3 is 5.32 Å². The maximum atomic E-state index is 11.8. The van der Waals surface area contributed by atoms with Crippen LogP contribution in [0.5, 0.6) is 0 Å². The third-order valence-electron chi connectivity index (χ3n) is 2.74. The fraction of sp³-hybridized carbons (Fsp3) is 0.818. The molecule has 86 valence electrons. The molecule has 1 unspecified atom stereocenters. The topological polar surface area (TPSA) is 49.4 Å². The van der Waals surface area contributed by atoms with Gasteiger partial charge in [-0.25, -0.2) is 0 Å². The van der Waals surface area contributed by atoms with Gasteiger partial charge in [-0.15, -0.1) is 0 Å². The standard InChI is InChI=1S/C11H20N2O2/c1-8(7-12-4)13-9(14)5-11(2,3)6-10(13)15/h8,12H,5-7H2,1-4H3. The van der Waals surface area contributed by atoms with Crippen molar-refractivity contribution in [2.45, 2.75) is 39.7 Å². The minimum absolute atomic E-state index is 0.0426. The number of likely N-dealkylation sites (tertiary alicyclic amines) is 1. The average molecular weight is 212 g/mol. The molecule has 0 aromatic rings. The van der Waals surface area contributed by atoms with Gasteiger partial charge in [0.15, 0.2) is 0 Å². The van der Waals surface area contributed by atoms with Crippen LogP contribution in [0.2, 0.25) is 0 Å². The Morgan fingerprint density at radius 3 is 2.20 bits per heavy atom. The molecule has 1 aliphatic rings. The van der Waals surface area contributed by atoms with E-state index in [1.54, 1.807) is 0 Å². The van der Waals surface area contributed by atoms with Crippen LogP contribution >= 0.6 is 0 Å². The number of nitrogens with zero attached hydrogens (tertiary/aromatic N) is 1. The lowest BCUT2D eigenvalue weighted by molar-refractivity contribution is -0.154. The zero-order valence-electron chi connectivity index (χ0n) is 9.96. The van der Waals surface area contributed by atoms with E-state index in [0.29, 0.717) is 19.4 Å². The number of piperidine rings is 1. The van der Waals surface area contributed by atoms with Gasteiger partial charge >= 0.3 is 0 Å². The summed E-state index contributed by atoms with van der Waals surface area (Å²) >= 11 is 0. The van der Waals surface area contributed by atoms with Crippen molar-refractivity contribution >= 4 is 11.8 Å². The van der Waals surface area contributed by atoms with Crippen LogP contribution in [0.4, 0.5) is 0 Å². The van der Waals surface area contributed by atoms with Crippen LogP contribution in [0, 0.1) is 5.41 Å². The molecule has 1 saturated heterocycles. The van der Waals surface area contributed by atoms with E-state index in [2.05, 4.69) is 5.32 Å². The van der Waals surface area contributed by atoms with Crippen LogP contribution in [0.15, 0.2) is 0 Å². The average Bonchev–Trinajstić information content (AvgIpc) is 1.99. The third-order valence-corrected chi connectivity index (χ3v) is 2.74. The Kier molecular flexibility index (Phi) is 3.50. The molecule has 0 aromatic heterocycles. The highest BCUT2D eigenvalue weighted by atomic mass is 16.2. The van der Waals surface area contributed by atoms with Gasteiger partial charge in [-0.05, 0) is 19.4 Å². The Bertz CT molecular complexity index is 254. The zero-order valence-corrected chi connectivity index (χ0v) is 9.96. The van der Waals surface area contributed by atoms with Crippen LogP contribution in [0.1, 0.15) is 33.6 Å². The number of likely N-dealkylation sites (N-methyl/N-ethyl adjacent to an activating group) is 1. The molecular weight excluding hydrogens is 192 g/mol. The van der Waals surface area contributed by atoms with Crippen molar-refractivity contribution in [1.29, 1.82) is 0 Å². The molecule has 1 N–H and O–H groups in total. The molecule has 1 aliphatic heterocycles. The number of nitrogens with one attached hydrogen (secondary N) is 1. The molecule has 2 amide bonds. The number of carbonyl (C=O) groups is 2. The molecule has 1 rings (SSSR count). The summed E-state index contributed by atoms with van der Waals surface area (Å²) in [5.74, 6) is -0.0852. The second kappa shape index (κ2) is 4.31. The summed E-state index contributed by atoms with van der Waals surface area (Å²) in [5, 5.41) is 2.98. The number of hydrogen-bond acceptors (Lipinski definition) is 3. The molecule has 0 radical (unpaired) electrons. The van der Waals surface area contributed by atoms with Gasteiger partial charge in [0.1, 0.15) is 0 Å². The first kappa shape index (κ1) is 12.2. The van der Waals surface area contributed by atoms with Crippen molar-refractivity contribution < 1.29 is 9.59 Å². The monoisotopic (exact) mass is 212 g/mol. The van der Waals surface area contributed by atoms with E-state index in [1.165, 1.54) is 4.90 Å². The molecule has 1 fully saturated rings. The highest BCUT2D eigenvalue weighted by molar-refractivity contribution is 5.98. The van der Waals surface area contributed by atoms with Gasteiger partial charge in [-0.3, -0.25) is 14.5 Å². The SMILES string of the molecule is CNCC(C)N1C(=O)CC(C)(C)CC1=O. The molecular formula is C11H20N2O2. The summed E-state index contributed by atoms with van der Waals surface area (Å²) in [6.07, 6.45) is 0.930. The van der Waals surface area contributed by atoms with E-state index < -0.39 is 0 Å². The Morgan fingerprint density at radius 2 is 1.80 bits per heavy atom. The molecule has 4 nitrogen and oxygen atoms in total. The molecule has 1 atom stereocenters. The maximum Gasteiger partial charge on any atom is 0.230 e. The van der Waals surface area contributed by atoms with E-state index >= 15 is 0 Å². The van der Waals surface area contributed by atoms with Gasteiger partial charge in [0.25, 0.3) is 0 Å². The molecule has 4 heteroatoms. The lowest BCUT2D eigenvalue weighted by Crippen LogP contribution is -2.52. The molecule has 0 aliphatic carbocycles. The van der Waals surface area contributed by atoms with Crippen LogP contribution in [0.25, 0.3) is 0 Å². The predicted molar refractivity (Wildman–Crippen MR) is 58.3 cm³/mol. The third kappa shape index (κ3) is 2.78. The highest BCUT2D eigenvalue weighted by Gasteiger charge is 2.39. The Morgan fingerprint density at radius 1 is 1.33 bits per heavy atom. The summed E-state index contributed by atoms with van der Waals surface area (Å²) in [4.78, 5) is 25.0. The normalized spacial score (nSPS) is 23.1. The first-order valence-corrected chi connectivity index (χ1v) is 5.37. The van der Waals surface area contributed by atoms with Crippen molar-refractivity contribution in [3.05, 3.63) is 0 Å². The van der Waals surface area contributed by atoms with Gasteiger partial charge in [-0.1, -0.05) is 13.8 Å². The van der Waals surface area contributed by atoms with Crippen molar-refractivity contribution in [3.8, 4) is 0 Å². The lowest BCUT2D eigenvalue weighted by atomic mass is 9.81. The van der Waals surface area contributed by atoms with Crippen LogP contribution < -0.4 is 5.32 Å². The molecule has 0 aromatic carbocycles. The number of rotatable bonds is 3. The number of hydrogen-bond donors (Lipinski definition) is 1. The van der Waals surface area contributed by atoms with E-state index in [1.807, 2.05) is 27.8 Å². The number of carbonyl (C=O) groups excluding carboxylic acids is 2. The number of amides is 2. The minimum Gasteiger partial charge on any atom is -0.318 e. The van der Waals surface area contributed by atoms with Crippen LogP contribution in [-0.4, -0.2) is 36.3 Å². The van der Waals surface area contributed by atoms with E-state index in [0.717, 1.165) is 0 Å². The minimum atomic E-state index is -0.177. The van der Waals surface area contributed by atoms with E-state index in [4.69, 9.17) is 0 Å². The molecule has 0 bridgehead atoms. The molecule has 0 saturated carbocycles. The number of imide groups is 1. The second-order valence-corrected chi connectivity index (χ2v) is 5.08.